The van der Waals surface area contributed by atoms with Gasteiger partial charge in [-0.2, -0.15) is 0 Å². The first-order valence-electron chi connectivity index (χ1n) is 6.67. The molecule has 0 amide bonds. The lowest BCUT2D eigenvalue weighted by atomic mass is 9.99. The highest BCUT2D eigenvalue weighted by Gasteiger charge is 2.40. The Morgan fingerprint density at radius 2 is 1.38 bits per heavy atom. The fourth-order valence-electron chi connectivity index (χ4n) is 1.40. The monoisotopic (exact) mass is 308 g/mol. The SMILES string of the molecule is CC(C)(C)OC(=O)[C@@H](F)[C@H](O)[C@@H](CO)C(=O)OC(C)(C)C. The third-order valence-electron chi connectivity index (χ3n) is 2.25. The van der Waals surface area contributed by atoms with E-state index in [1.807, 2.05) is 0 Å². The molecule has 0 radical (unpaired) electrons. The number of carbonyl (C=O) groups excluding carboxylic acids is 2. The van der Waals surface area contributed by atoms with Crippen molar-refractivity contribution >= 4 is 11.9 Å². The second kappa shape index (κ2) is 7.17. The van der Waals surface area contributed by atoms with E-state index < -0.39 is 47.9 Å². The number of aliphatic hydroxyl groups is 2. The van der Waals surface area contributed by atoms with E-state index in [0.29, 0.717) is 0 Å². The summed E-state index contributed by atoms with van der Waals surface area (Å²) in [5, 5.41) is 18.9. The summed E-state index contributed by atoms with van der Waals surface area (Å²) in [4.78, 5) is 23.3. The van der Waals surface area contributed by atoms with Gasteiger partial charge in [-0.25, -0.2) is 9.18 Å². The lowest BCUT2D eigenvalue weighted by molar-refractivity contribution is -0.175. The van der Waals surface area contributed by atoms with Crippen LogP contribution in [0.4, 0.5) is 4.39 Å². The number of carbonyl (C=O) groups is 2. The number of rotatable bonds is 5. The van der Waals surface area contributed by atoms with Gasteiger partial charge in [-0.05, 0) is 41.5 Å². The Labute approximate surface area is 124 Å². The van der Waals surface area contributed by atoms with Crippen LogP contribution in [0.15, 0.2) is 0 Å². The van der Waals surface area contributed by atoms with Gasteiger partial charge in [0.15, 0.2) is 0 Å². The highest BCUT2D eigenvalue weighted by molar-refractivity contribution is 5.79. The Balaban J connectivity index is 4.89. The quantitative estimate of drug-likeness (QED) is 0.735. The fourth-order valence-corrected chi connectivity index (χ4v) is 1.40. The molecule has 0 unspecified atom stereocenters. The summed E-state index contributed by atoms with van der Waals surface area (Å²) in [5.74, 6) is -3.84. The first-order valence-corrected chi connectivity index (χ1v) is 6.67. The largest absolute Gasteiger partial charge is 0.460 e. The minimum atomic E-state index is -2.45. The number of hydrogen-bond acceptors (Lipinski definition) is 6. The number of ether oxygens (including phenoxy) is 2. The summed E-state index contributed by atoms with van der Waals surface area (Å²) in [6, 6.07) is 0. The molecule has 0 saturated heterocycles. The van der Waals surface area contributed by atoms with Crippen LogP contribution in [0, 0.1) is 5.92 Å². The number of halogens is 1. The van der Waals surface area contributed by atoms with Crippen LogP contribution < -0.4 is 0 Å². The first-order chi connectivity index (χ1) is 9.28. The second-order valence-electron chi connectivity index (χ2n) is 6.75. The third kappa shape index (κ3) is 7.38. The normalized spacial score (nSPS) is 16.8. The van der Waals surface area contributed by atoms with Gasteiger partial charge in [-0.15, -0.1) is 0 Å². The zero-order valence-corrected chi connectivity index (χ0v) is 13.3. The van der Waals surface area contributed by atoms with Crippen molar-refractivity contribution in [2.45, 2.75) is 65.0 Å². The van der Waals surface area contributed by atoms with Crippen molar-refractivity contribution in [1.29, 1.82) is 0 Å². The number of aliphatic hydroxyl groups excluding tert-OH is 2. The molecule has 2 N–H and O–H groups in total. The van der Waals surface area contributed by atoms with E-state index in [9.17, 15) is 19.1 Å². The number of hydrogen-bond donors (Lipinski definition) is 2. The molecule has 0 aliphatic heterocycles. The Morgan fingerprint density at radius 1 is 1.00 bits per heavy atom. The van der Waals surface area contributed by atoms with Gasteiger partial charge in [-0.3, -0.25) is 4.79 Å². The molecule has 0 aromatic carbocycles. The van der Waals surface area contributed by atoms with Crippen molar-refractivity contribution in [3.63, 3.8) is 0 Å². The summed E-state index contributed by atoms with van der Waals surface area (Å²) in [6.45, 7) is 8.55. The summed E-state index contributed by atoms with van der Waals surface area (Å²) in [7, 11) is 0. The van der Waals surface area contributed by atoms with Crippen LogP contribution in [0.3, 0.4) is 0 Å². The molecule has 0 rings (SSSR count). The van der Waals surface area contributed by atoms with Gasteiger partial charge in [0.25, 0.3) is 0 Å². The maximum atomic E-state index is 13.9. The van der Waals surface area contributed by atoms with E-state index in [-0.39, 0.29) is 0 Å². The smallest absolute Gasteiger partial charge is 0.344 e. The number of alkyl halides is 1. The van der Waals surface area contributed by atoms with Crippen molar-refractivity contribution in [2.75, 3.05) is 6.61 Å². The molecule has 0 spiro atoms. The van der Waals surface area contributed by atoms with E-state index in [4.69, 9.17) is 14.6 Å². The predicted molar refractivity (Wildman–Crippen MR) is 73.2 cm³/mol. The molecule has 0 saturated carbocycles. The summed E-state index contributed by atoms with van der Waals surface area (Å²) < 4.78 is 23.7. The molecule has 0 heterocycles. The fraction of sp³-hybridized carbons (Fsp3) is 0.857. The van der Waals surface area contributed by atoms with Crippen LogP contribution in [-0.4, -0.2) is 52.2 Å². The van der Waals surface area contributed by atoms with Crippen molar-refractivity contribution < 1.29 is 33.7 Å². The standard InChI is InChI=1S/C14H25FO6/c1-13(2,3)20-11(18)8(7-16)10(17)9(15)12(19)21-14(4,5)6/h8-10,16-17H,7H2,1-6H3/t8-,9+,10-/m1/s1. The molecule has 0 bridgehead atoms. The van der Waals surface area contributed by atoms with Gasteiger partial charge >= 0.3 is 11.9 Å². The molecule has 0 fully saturated rings. The summed E-state index contributed by atoms with van der Waals surface area (Å²) in [6.07, 6.45) is -4.49. The van der Waals surface area contributed by atoms with Crippen LogP contribution in [0.25, 0.3) is 0 Å². The zero-order chi connectivity index (χ0) is 17.0. The molecule has 0 aromatic heterocycles. The van der Waals surface area contributed by atoms with Crippen LogP contribution in [0.5, 0.6) is 0 Å². The van der Waals surface area contributed by atoms with Gasteiger partial charge in [0.05, 0.1) is 6.61 Å². The minimum Gasteiger partial charge on any atom is -0.460 e. The lowest BCUT2D eigenvalue weighted by Gasteiger charge is -2.27. The maximum absolute atomic E-state index is 13.9. The first kappa shape index (κ1) is 19.8. The summed E-state index contributed by atoms with van der Waals surface area (Å²) in [5.41, 5.74) is -1.79. The Hall–Kier alpha value is -1.21. The predicted octanol–water partition coefficient (Wildman–Crippen LogP) is 0.977. The van der Waals surface area contributed by atoms with E-state index in [1.54, 1.807) is 41.5 Å². The molecule has 0 aromatic rings. The highest BCUT2D eigenvalue weighted by atomic mass is 19.1. The van der Waals surface area contributed by atoms with Gasteiger partial charge in [0.2, 0.25) is 6.17 Å². The molecule has 124 valence electrons. The zero-order valence-electron chi connectivity index (χ0n) is 13.3. The van der Waals surface area contributed by atoms with Gasteiger partial charge < -0.3 is 19.7 Å². The molecular formula is C14H25FO6. The molecular weight excluding hydrogens is 283 g/mol. The van der Waals surface area contributed by atoms with E-state index in [0.717, 1.165) is 0 Å². The van der Waals surface area contributed by atoms with Crippen LogP contribution in [0.1, 0.15) is 41.5 Å². The van der Waals surface area contributed by atoms with E-state index in [1.165, 1.54) is 0 Å². The van der Waals surface area contributed by atoms with E-state index >= 15 is 0 Å². The molecule has 7 heteroatoms. The highest BCUT2D eigenvalue weighted by Crippen LogP contribution is 2.19. The van der Waals surface area contributed by atoms with Gasteiger partial charge in [-0.1, -0.05) is 0 Å². The Bertz CT molecular complexity index is 369. The van der Waals surface area contributed by atoms with Crippen molar-refractivity contribution in [3.05, 3.63) is 0 Å². The second-order valence-corrected chi connectivity index (χ2v) is 6.75. The van der Waals surface area contributed by atoms with Crippen LogP contribution in [-0.2, 0) is 19.1 Å². The minimum absolute atomic E-state index is 0.848. The third-order valence-corrected chi connectivity index (χ3v) is 2.25. The Kier molecular flexibility index (Phi) is 6.76. The molecule has 21 heavy (non-hydrogen) atoms. The van der Waals surface area contributed by atoms with Crippen LogP contribution in [0.2, 0.25) is 0 Å². The average molecular weight is 308 g/mol. The van der Waals surface area contributed by atoms with Crippen molar-refractivity contribution in [2.24, 2.45) is 5.92 Å². The topological polar surface area (TPSA) is 93.1 Å². The van der Waals surface area contributed by atoms with Crippen LogP contribution >= 0.6 is 0 Å². The lowest BCUT2D eigenvalue weighted by Crippen LogP contribution is -2.45. The molecule has 0 aliphatic rings. The number of esters is 2. The van der Waals surface area contributed by atoms with Crippen molar-refractivity contribution in [3.8, 4) is 0 Å². The Morgan fingerprint density at radius 3 is 1.71 bits per heavy atom. The van der Waals surface area contributed by atoms with Gasteiger partial charge in [0, 0.05) is 0 Å². The maximum Gasteiger partial charge on any atom is 0.344 e. The molecule has 0 aliphatic carbocycles. The van der Waals surface area contributed by atoms with E-state index in [2.05, 4.69) is 0 Å². The van der Waals surface area contributed by atoms with Gasteiger partial charge in [0.1, 0.15) is 23.2 Å². The average Bonchev–Trinajstić information content (AvgIpc) is 2.23. The molecule has 6 nitrogen and oxygen atoms in total. The summed E-state index contributed by atoms with van der Waals surface area (Å²) >= 11 is 0. The van der Waals surface area contributed by atoms with Crippen molar-refractivity contribution in [1.82, 2.24) is 0 Å². The molecule has 3 atom stereocenters.